The third-order valence-electron chi connectivity index (χ3n) is 4.00. The minimum absolute atomic E-state index is 0.0639. The van der Waals surface area contributed by atoms with Gasteiger partial charge in [-0.15, -0.1) is 11.3 Å². The summed E-state index contributed by atoms with van der Waals surface area (Å²) in [6.45, 7) is 3.63. The van der Waals surface area contributed by atoms with E-state index in [1.54, 1.807) is 32.0 Å². The Bertz CT molecular complexity index is 976. The molecule has 0 amide bonds. The maximum absolute atomic E-state index is 12.7. The summed E-state index contributed by atoms with van der Waals surface area (Å²) < 4.78 is 34.3. The number of rotatable bonds is 7. The summed E-state index contributed by atoms with van der Waals surface area (Å²) in [7, 11) is -3.81. The number of nitrogens with one attached hydrogen (secondary N) is 1. The molecule has 1 atom stereocenters. The molecule has 0 radical (unpaired) electrons. The summed E-state index contributed by atoms with van der Waals surface area (Å²) in [5.74, 6) is 0.295. The molecule has 1 heterocycles. The molecule has 0 aliphatic rings. The van der Waals surface area contributed by atoms with Gasteiger partial charge in [-0.3, -0.25) is 0 Å². The number of para-hydroxylation sites is 1. The molecule has 1 unspecified atom stereocenters. The summed E-state index contributed by atoms with van der Waals surface area (Å²) in [5, 5.41) is 11.8. The van der Waals surface area contributed by atoms with Crippen LogP contribution in [0.25, 0.3) is 10.1 Å². The number of sulfonamides is 1. The van der Waals surface area contributed by atoms with Crippen molar-refractivity contribution >= 4 is 31.4 Å². The fourth-order valence-corrected chi connectivity index (χ4v) is 4.98. The minimum atomic E-state index is -3.81. The molecule has 0 aliphatic heterocycles. The molecule has 0 aliphatic carbocycles. The van der Waals surface area contributed by atoms with Gasteiger partial charge >= 0.3 is 0 Å². The molecule has 0 bridgehead atoms. The van der Waals surface area contributed by atoms with E-state index in [0.29, 0.717) is 17.2 Å². The zero-order chi connectivity index (χ0) is 18.8. The average molecular weight is 392 g/mol. The van der Waals surface area contributed by atoms with Gasteiger partial charge < -0.3 is 9.84 Å². The van der Waals surface area contributed by atoms with Gasteiger partial charge in [0.15, 0.2) is 0 Å². The highest BCUT2D eigenvalue weighted by Gasteiger charge is 2.29. The molecule has 2 aromatic carbocycles. The zero-order valence-electron chi connectivity index (χ0n) is 14.6. The lowest BCUT2D eigenvalue weighted by molar-refractivity contribution is 0.0666. The third kappa shape index (κ3) is 3.91. The lowest BCUT2D eigenvalue weighted by Crippen LogP contribution is -2.38. The zero-order valence-corrected chi connectivity index (χ0v) is 16.2. The van der Waals surface area contributed by atoms with Crippen LogP contribution in [0.15, 0.2) is 59.5 Å². The normalized spacial score (nSPS) is 14.3. The van der Waals surface area contributed by atoms with E-state index in [1.165, 1.54) is 17.4 Å². The largest absolute Gasteiger partial charge is 0.492 e. The van der Waals surface area contributed by atoms with Gasteiger partial charge in [-0.25, -0.2) is 13.1 Å². The average Bonchev–Trinajstić information content (AvgIpc) is 3.06. The van der Waals surface area contributed by atoms with Crippen molar-refractivity contribution in [2.24, 2.45) is 0 Å². The quantitative estimate of drug-likeness (QED) is 0.646. The van der Waals surface area contributed by atoms with Crippen molar-refractivity contribution in [1.82, 2.24) is 4.72 Å². The summed E-state index contributed by atoms with van der Waals surface area (Å²) in [6.07, 6.45) is 0. The van der Waals surface area contributed by atoms with Gasteiger partial charge in [0.25, 0.3) is 0 Å². The predicted molar refractivity (Wildman–Crippen MR) is 104 cm³/mol. The van der Waals surface area contributed by atoms with Crippen molar-refractivity contribution in [3.05, 3.63) is 59.5 Å². The smallest absolute Gasteiger partial charge is 0.244 e. The van der Waals surface area contributed by atoms with Gasteiger partial charge in [0.1, 0.15) is 16.2 Å². The van der Waals surface area contributed by atoms with Crippen LogP contribution in [0, 0.1) is 0 Å². The highest BCUT2D eigenvalue weighted by molar-refractivity contribution is 7.89. The van der Waals surface area contributed by atoms with Crippen molar-refractivity contribution in [3.8, 4) is 5.75 Å². The lowest BCUT2D eigenvalue weighted by atomic mass is 10.1. The van der Waals surface area contributed by atoms with E-state index in [0.717, 1.165) is 10.1 Å². The van der Waals surface area contributed by atoms with Crippen molar-refractivity contribution < 1.29 is 18.3 Å². The summed E-state index contributed by atoms with van der Waals surface area (Å²) >= 11 is 1.45. The summed E-state index contributed by atoms with van der Waals surface area (Å²) in [6, 6.07) is 16.2. The Morgan fingerprint density at radius 2 is 1.85 bits per heavy atom. The lowest BCUT2D eigenvalue weighted by Gasteiger charge is -2.22. The van der Waals surface area contributed by atoms with Crippen LogP contribution in [0.3, 0.4) is 0 Å². The van der Waals surface area contributed by atoms with E-state index in [2.05, 4.69) is 4.72 Å². The maximum Gasteiger partial charge on any atom is 0.244 e. The van der Waals surface area contributed by atoms with Crippen LogP contribution < -0.4 is 9.46 Å². The molecule has 1 aromatic heterocycles. The third-order valence-corrected chi connectivity index (χ3v) is 6.81. The molecule has 2 N–H and O–H groups in total. The van der Waals surface area contributed by atoms with Crippen molar-refractivity contribution in [1.29, 1.82) is 0 Å². The fraction of sp³-hybridized carbons (Fsp3) is 0.263. The highest BCUT2D eigenvalue weighted by Crippen LogP contribution is 2.33. The molecule has 5 nitrogen and oxygen atoms in total. The minimum Gasteiger partial charge on any atom is -0.492 e. The first kappa shape index (κ1) is 18.8. The molecular weight excluding hydrogens is 370 g/mol. The Kier molecular flexibility index (Phi) is 5.34. The van der Waals surface area contributed by atoms with E-state index in [1.807, 2.05) is 30.3 Å². The number of aliphatic hydroxyl groups is 1. The number of benzene rings is 2. The van der Waals surface area contributed by atoms with Crippen LogP contribution in [-0.2, 0) is 15.6 Å². The van der Waals surface area contributed by atoms with Crippen LogP contribution in [0.4, 0.5) is 0 Å². The number of fused-ring (bicyclic) bond motifs is 1. The van der Waals surface area contributed by atoms with E-state index >= 15 is 0 Å². The molecule has 3 rings (SSSR count). The van der Waals surface area contributed by atoms with Gasteiger partial charge in [-0.1, -0.05) is 30.3 Å². The maximum atomic E-state index is 12.7. The molecular formula is C19H21NO4S2. The molecule has 26 heavy (non-hydrogen) atoms. The first-order valence-electron chi connectivity index (χ1n) is 8.26. The van der Waals surface area contributed by atoms with Crippen molar-refractivity contribution in [2.45, 2.75) is 24.3 Å². The second kappa shape index (κ2) is 7.36. The van der Waals surface area contributed by atoms with E-state index in [9.17, 15) is 13.5 Å². The van der Waals surface area contributed by atoms with Crippen LogP contribution in [-0.4, -0.2) is 26.7 Å². The SMILES string of the molecule is CCOc1ccccc1S(=O)(=O)NCC(C)(O)c1cc2ccccc2s1. The molecule has 0 spiro atoms. The number of thiophene rings is 1. The van der Waals surface area contributed by atoms with Gasteiger partial charge in [0, 0.05) is 16.1 Å². The number of hydrogen-bond acceptors (Lipinski definition) is 5. The Morgan fingerprint density at radius 3 is 2.58 bits per heavy atom. The topological polar surface area (TPSA) is 75.6 Å². The molecule has 0 saturated heterocycles. The van der Waals surface area contributed by atoms with Gasteiger partial charge in [-0.05, 0) is 43.5 Å². The molecule has 3 aromatic rings. The second-order valence-corrected chi connectivity index (χ2v) is 8.95. The predicted octanol–water partition coefficient (Wildman–Crippen LogP) is 3.49. The van der Waals surface area contributed by atoms with Gasteiger partial charge in [-0.2, -0.15) is 0 Å². The monoisotopic (exact) mass is 391 g/mol. The molecule has 0 fully saturated rings. The van der Waals surface area contributed by atoms with Crippen molar-refractivity contribution in [3.63, 3.8) is 0 Å². The van der Waals surface area contributed by atoms with Crippen molar-refractivity contribution in [2.75, 3.05) is 13.2 Å². The molecule has 138 valence electrons. The Balaban J connectivity index is 1.82. The molecule has 0 saturated carbocycles. The first-order chi connectivity index (χ1) is 12.3. The Labute approximate surface area is 157 Å². The highest BCUT2D eigenvalue weighted by atomic mass is 32.2. The van der Waals surface area contributed by atoms with E-state index < -0.39 is 15.6 Å². The van der Waals surface area contributed by atoms with Crippen LogP contribution in [0.2, 0.25) is 0 Å². The summed E-state index contributed by atoms with van der Waals surface area (Å²) in [4.78, 5) is 0.772. The summed E-state index contributed by atoms with van der Waals surface area (Å²) in [5.41, 5.74) is -1.32. The number of ether oxygens (including phenoxy) is 1. The van der Waals surface area contributed by atoms with Crippen LogP contribution in [0.5, 0.6) is 5.75 Å². The Hall–Kier alpha value is -1.93. The first-order valence-corrected chi connectivity index (χ1v) is 10.6. The standard InChI is InChI=1S/C19H21NO4S2/c1-3-24-15-9-5-7-11-17(15)26(22,23)20-13-19(2,21)18-12-14-8-4-6-10-16(14)25-18/h4-12,20-21H,3,13H2,1-2H3. The van der Waals surface area contributed by atoms with E-state index in [4.69, 9.17) is 4.74 Å². The van der Waals surface area contributed by atoms with Gasteiger partial charge in [0.2, 0.25) is 10.0 Å². The Morgan fingerprint density at radius 1 is 1.15 bits per heavy atom. The number of hydrogen-bond donors (Lipinski definition) is 2. The van der Waals surface area contributed by atoms with E-state index in [-0.39, 0.29) is 11.4 Å². The molecule has 7 heteroatoms. The van der Waals surface area contributed by atoms with Gasteiger partial charge in [0.05, 0.1) is 6.61 Å². The second-order valence-electron chi connectivity index (χ2n) is 6.13. The van der Waals surface area contributed by atoms with Crippen LogP contribution in [0.1, 0.15) is 18.7 Å². The fourth-order valence-electron chi connectivity index (χ4n) is 2.59. The van der Waals surface area contributed by atoms with Crippen LogP contribution >= 0.6 is 11.3 Å².